The van der Waals surface area contributed by atoms with Gasteiger partial charge in [0.15, 0.2) is 11.6 Å². The fraction of sp³-hybridized carbons (Fsp3) is 0.167. The number of hydrogen-bond acceptors (Lipinski definition) is 7. The van der Waals surface area contributed by atoms with Crippen LogP contribution >= 0.6 is 11.3 Å². The zero-order chi connectivity index (χ0) is 23.4. The molecule has 4 aromatic rings. The van der Waals surface area contributed by atoms with E-state index in [0.29, 0.717) is 27.7 Å². The molecule has 0 aliphatic heterocycles. The van der Waals surface area contributed by atoms with Crippen LogP contribution < -0.4 is 15.6 Å². The minimum atomic E-state index is -0.556. The summed E-state index contributed by atoms with van der Waals surface area (Å²) in [5.41, 5.74) is 2.93. The summed E-state index contributed by atoms with van der Waals surface area (Å²) in [4.78, 5) is 41.6. The summed E-state index contributed by atoms with van der Waals surface area (Å²) in [6.45, 7) is 3.55. The number of rotatable bonds is 7. The summed E-state index contributed by atoms with van der Waals surface area (Å²) < 4.78 is 12.3. The number of carbonyl (C=O) groups is 2. The second kappa shape index (κ2) is 9.66. The standard InChI is InChI=1S/C24H21N3O5S/c1-15-3-9-20(10-4-15)31-13-21(28)25-18-7-5-17(6-8-18)23(30)32-12-19-11-22(29)27-16(2)14-33-24(27)26-19/h3-11,14H,12-13H2,1-2H3,(H,25,28). The highest BCUT2D eigenvalue weighted by Crippen LogP contribution is 2.15. The van der Waals surface area contributed by atoms with Crippen molar-refractivity contribution >= 4 is 33.9 Å². The van der Waals surface area contributed by atoms with Crippen molar-refractivity contribution in [2.24, 2.45) is 0 Å². The molecule has 33 heavy (non-hydrogen) atoms. The third-order valence-corrected chi connectivity index (χ3v) is 5.72. The van der Waals surface area contributed by atoms with Crippen LogP contribution in [0.3, 0.4) is 0 Å². The molecule has 2 aromatic carbocycles. The Morgan fingerprint density at radius 2 is 1.79 bits per heavy atom. The number of nitrogens with one attached hydrogen (secondary N) is 1. The van der Waals surface area contributed by atoms with Crippen molar-refractivity contribution in [1.29, 1.82) is 0 Å². The topological polar surface area (TPSA) is 99.0 Å². The lowest BCUT2D eigenvalue weighted by molar-refractivity contribution is -0.118. The maximum absolute atomic E-state index is 12.3. The fourth-order valence-electron chi connectivity index (χ4n) is 3.07. The molecule has 0 atom stereocenters. The fourth-order valence-corrected chi connectivity index (χ4v) is 3.96. The molecule has 0 bridgehead atoms. The number of ether oxygens (including phenoxy) is 2. The molecule has 4 rings (SSSR count). The highest BCUT2D eigenvalue weighted by atomic mass is 32.1. The number of aromatic nitrogens is 2. The van der Waals surface area contributed by atoms with Crippen LogP contribution in [-0.2, 0) is 16.1 Å². The molecule has 0 saturated heterocycles. The minimum Gasteiger partial charge on any atom is -0.484 e. The van der Waals surface area contributed by atoms with E-state index >= 15 is 0 Å². The van der Waals surface area contributed by atoms with E-state index in [2.05, 4.69) is 10.3 Å². The van der Waals surface area contributed by atoms with Gasteiger partial charge in [0.05, 0.1) is 11.3 Å². The van der Waals surface area contributed by atoms with Gasteiger partial charge >= 0.3 is 5.97 Å². The van der Waals surface area contributed by atoms with Crippen LogP contribution in [0.15, 0.2) is 64.8 Å². The maximum atomic E-state index is 12.3. The summed E-state index contributed by atoms with van der Waals surface area (Å²) in [5.74, 6) is -0.262. The van der Waals surface area contributed by atoms with Gasteiger partial charge in [0.2, 0.25) is 0 Å². The molecular formula is C24H21N3O5S. The lowest BCUT2D eigenvalue weighted by Gasteiger charge is -2.09. The van der Waals surface area contributed by atoms with Crippen molar-refractivity contribution in [3.05, 3.63) is 92.8 Å². The van der Waals surface area contributed by atoms with Crippen LogP contribution in [-0.4, -0.2) is 27.9 Å². The molecule has 1 N–H and O–H groups in total. The number of fused-ring (bicyclic) bond motifs is 1. The van der Waals surface area contributed by atoms with E-state index in [1.54, 1.807) is 36.4 Å². The van der Waals surface area contributed by atoms with Gasteiger partial charge in [-0.3, -0.25) is 14.0 Å². The van der Waals surface area contributed by atoms with Gasteiger partial charge in [-0.2, -0.15) is 0 Å². The van der Waals surface area contributed by atoms with Crippen LogP contribution in [0.2, 0.25) is 0 Å². The number of nitrogens with zero attached hydrogens (tertiary/aromatic N) is 2. The van der Waals surface area contributed by atoms with Crippen LogP contribution in [0.25, 0.3) is 4.96 Å². The number of anilines is 1. The number of benzene rings is 2. The lowest BCUT2D eigenvalue weighted by Crippen LogP contribution is -2.20. The van der Waals surface area contributed by atoms with E-state index in [4.69, 9.17) is 9.47 Å². The van der Waals surface area contributed by atoms with Gasteiger partial charge < -0.3 is 14.8 Å². The molecule has 0 spiro atoms. The van der Waals surface area contributed by atoms with Crippen molar-refractivity contribution in [1.82, 2.24) is 9.38 Å². The highest BCUT2D eigenvalue weighted by molar-refractivity contribution is 7.15. The number of carbonyl (C=O) groups excluding carboxylic acids is 2. The van der Waals surface area contributed by atoms with E-state index < -0.39 is 5.97 Å². The number of hydrogen-bond donors (Lipinski definition) is 1. The summed E-state index contributed by atoms with van der Waals surface area (Å²) in [6.07, 6.45) is 0. The summed E-state index contributed by atoms with van der Waals surface area (Å²) in [6, 6.07) is 15.1. The summed E-state index contributed by atoms with van der Waals surface area (Å²) in [7, 11) is 0. The SMILES string of the molecule is Cc1ccc(OCC(=O)Nc2ccc(C(=O)OCc3cc(=O)n4c(C)csc4n3)cc2)cc1. The van der Waals surface area contributed by atoms with Gasteiger partial charge in [-0.05, 0) is 50.2 Å². The quantitative estimate of drug-likeness (QED) is 0.419. The average Bonchev–Trinajstić information content (AvgIpc) is 3.18. The Balaban J connectivity index is 1.30. The molecule has 168 valence electrons. The Kier molecular flexibility index (Phi) is 6.50. The van der Waals surface area contributed by atoms with Gasteiger partial charge in [-0.15, -0.1) is 11.3 Å². The monoisotopic (exact) mass is 463 g/mol. The van der Waals surface area contributed by atoms with E-state index in [0.717, 1.165) is 11.3 Å². The minimum absolute atomic E-state index is 0.115. The Bertz CT molecular complexity index is 1360. The molecular weight excluding hydrogens is 442 g/mol. The van der Waals surface area contributed by atoms with Crippen molar-refractivity contribution in [2.45, 2.75) is 20.5 Å². The predicted molar refractivity (Wildman–Crippen MR) is 125 cm³/mol. The zero-order valence-electron chi connectivity index (χ0n) is 18.0. The van der Waals surface area contributed by atoms with Gasteiger partial charge in [0.1, 0.15) is 12.4 Å². The first-order valence-electron chi connectivity index (χ1n) is 10.1. The van der Waals surface area contributed by atoms with Gasteiger partial charge in [-0.25, -0.2) is 9.78 Å². The van der Waals surface area contributed by atoms with E-state index in [1.807, 2.05) is 31.4 Å². The van der Waals surface area contributed by atoms with E-state index in [-0.39, 0.29) is 24.7 Å². The van der Waals surface area contributed by atoms with Crippen molar-refractivity contribution in [2.75, 3.05) is 11.9 Å². The molecule has 0 unspecified atom stereocenters. The van der Waals surface area contributed by atoms with Crippen LogP contribution in [0, 0.1) is 13.8 Å². The number of thiazole rings is 1. The molecule has 0 fully saturated rings. The highest BCUT2D eigenvalue weighted by Gasteiger charge is 2.11. The molecule has 9 heteroatoms. The van der Waals surface area contributed by atoms with Crippen molar-refractivity contribution in [3.8, 4) is 5.75 Å². The van der Waals surface area contributed by atoms with Crippen LogP contribution in [0.1, 0.15) is 27.3 Å². The number of amides is 1. The molecule has 2 aromatic heterocycles. The molecule has 0 radical (unpaired) electrons. The summed E-state index contributed by atoms with van der Waals surface area (Å²) >= 11 is 1.35. The Hall–Kier alpha value is -3.98. The molecule has 0 aliphatic carbocycles. The van der Waals surface area contributed by atoms with Gasteiger partial charge in [0, 0.05) is 22.8 Å². The van der Waals surface area contributed by atoms with Crippen molar-refractivity contribution < 1.29 is 19.1 Å². The average molecular weight is 464 g/mol. The summed E-state index contributed by atoms with van der Waals surface area (Å²) in [5, 5.41) is 4.55. The Labute approximate surface area is 193 Å². The largest absolute Gasteiger partial charge is 0.484 e. The van der Waals surface area contributed by atoms with Gasteiger partial charge in [-0.1, -0.05) is 17.7 Å². The maximum Gasteiger partial charge on any atom is 0.338 e. The predicted octanol–water partition coefficient (Wildman–Crippen LogP) is 3.75. The third kappa shape index (κ3) is 5.45. The third-order valence-electron chi connectivity index (χ3n) is 4.78. The first kappa shape index (κ1) is 22.2. The van der Waals surface area contributed by atoms with Crippen LogP contribution in [0.5, 0.6) is 5.75 Å². The number of esters is 1. The first-order chi connectivity index (χ1) is 15.9. The first-order valence-corrected chi connectivity index (χ1v) is 11.0. The van der Waals surface area contributed by atoms with E-state index in [1.165, 1.54) is 21.8 Å². The molecule has 0 aliphatic rings. The second-order valence-electron chi connectivity index (χ2n) is 7.38. The smallest absolute Gasteiger partial charge is 0.338 e. The lowest BCUT2D eigenvalue weighted by atomic mass is 10.2. The zero-order valence-corrected chi connectivity index (χ0v) is 18.8. The van der Waals surface area contributed by atoms with Crippen molar-refractivity contribution in [3.63, 3.8) is 0 Å². The molecule has 8 nitrogen and oxygen atoms in total. The van der Waals surface area contributed by atoms with Gasteiger partial charge in [0.25, 0.3) is 11.5 Å². The Morgan fingerprint density at radius 3 is 2.52 bits per heavy atom. The molecule has 1 amide bonds. The second-order valence-corrected chi connectivity index (χ2v) is 8.22. The Morgan fingerprint density at radius 1 is 1.06 bits per heavy atom. The van der Waals surface area contributed by atoms with E-state index in [9.17, 15) is 14.4 Å². The van der Waals surface area contributed by atoms with Crippen LogP contribution in [0.4, 0.5) is 5.69 Å². The molecule has 0 saturated carbocycles. The number of aryl methyl sites for hydroxylation is 2. The normalized spacial score (nSPS) is 10.7. The molecule has 2 heterocycles.